The second kappa shape index (κ2) is 4.76. The summed E-state index contributed by atoms with van der Waals surface area (Å²) in [5, 5.41) is 0.897. The Morgan fingerprint density at radius 1 is 1.10 bits per heavy atom. The van der Waals surface area contributed by atoms with Crippen LogP contribution in [0.25, 0.3) is 10.9 Å². The molecule has 0 amide bonds. The van der Waals surface area contributed by atoms with Crippen LogP contribution in [0.2, 0.25) is 5.02 Å². The van der Waals surface area contributed by atoms with Crippen molar-refractivity contribution in [2.24, 2.45) is 0 Å². The Kier molecular flexibility index (Phi) is 3.07. The molecule has 3 aromatic rings. The van der Waals surface area contributed by atoms with Crippen molar-refractivity contribution < 1.29 is 9.18 Å². The molecule has 2 aromatic carbocycles. The highest BCUT2D eigenvalue weighted by molar-refractivity contribution is 6.35. The van der Waals surface area contributed by atoms with Crippen molar-refractivity contribution >= 4 is 28.3 Å². The molecule has 2 nitrogen and oxygen atoms in total. The Morgan fingerprint density at radius 3 is 2.60 bits per heavy atom. The lowest BCUT2D eigenvalue weighted by molar-refractivity contribution is 0.103. The van der Waals surface area contributed by atoms with Crippen molar-refractivity contribution in [1.29, 1.82) is 0 Å². The third-order valence-electron chi connectivity index (χ3n) is 3.31. The number of rotatable bonds is 2. The van der Waals surface area contributed by atoms with Crippen molar-refractivity contribution in [3.63, 3.8) is 0 Å². The van der Waals surface area contributed by atoms with Crippen molar-refractivity contribution in [3.05, 3.63) is 70.1 Å². The van der Waals surface area contributed by atoms with Crippen LogP contribution < -0.4 is 0 Å². The van der Waals surface area contributed by atoms with Crippen molar-refractivity contribution in [2.75, 3.05) is 0 Å². The van der Waals surface area contributed by atoms with E-state index >= 15 is 0 Å². The quantitative estimate of drug-likeness (QED) is 0.692. The molecule has 0 atom stereocenters. The van der Waals surface area contributed by atoms with Gasteiger partial charge in [0.2, 0.25) is 0 Å². The molecule has 0 aliphatic heterocycles. The molecular weight excluding hydrogens is 277 g/mol. The molecule has 0 unspecified atom stereocenters. The molecule has 20 heavy (non-hydrogen) atoms. The van der Waals surface area contributed by atoms with Crippen LogP contribution in [0.1, 0.15) is 21.6 Å². The van der Waals surface area contributed by atoms with Gasteiger partial charge in [-0.15, -0.1) is 0 Å². The molecule has 0 aliphatic rings. The maximum absolute atomic E-state index is 13.9. The van der Waals surface area contributed by atoms with Crippen LogP contribution in [0.3, 0.4) is 0 Å². The van der Waals surface area contributed by atoms with Gasteiger partial charge in [-0.05, 0) is 25.1 Å². The van der Waals surface area contributed by atoms with Crippen molar-refractivity contribution in [1.82, 2.24) is 4.98 Å². The van der Waals surface area contributed by atoms with Gasteiger partial charge in [0.1, 0.15) is 5.82 Å². The normalized spacial score (nSPS) is 10.9. The van der Waals surface area contributed by atoms with Gasteiger partial charge in [0.25, 0.3) is 0 Å². The number of halogens is 2. The van der Waals surface area contributed by atoms with Gasteiger partial charge in [-0.3, -0.25) is 4.79 Å². The lowest BCUT2D eigenvalue weighted by Gasteiger charge is -2.05. The largest absolute Gasteiger partial charge is 0.358 e. The summed E-state index contributed by atoms with van der Waals surface area (Å²) < 4.78 is 13.9. The Morgan fingerprint density at radius 2 is 1.85 bits per heavy atom. The van der Waals surface area contributed by atoms with E-state index in [1.807, 2.05) is 24.3 Å². The molecule has 0 radical (unpaired) electrons. The number of aromatic amines is 1. The summed E-state index contributed by atoms with van der Waals surface area (Å²) in [4.78, 5) is 15.8. The molecule has 0 spiro atoms. The number of benzene rings is 2. The number of carbonyl (C=O) groups excluding carboxylic acids is 1. The van der Waals surface area contributed by atoms with Crippen LogP contribution in [-0.2, 0) is 0 Å². The van der Waals surface area contributed by atoms with Gasteiger partial charge in [-0.2, -0.15) is 0 Å². The third-order valence-corrected chi connectivity index (χ3v) is 3.63. The first-order valence-corrected chi connectivity index (χ1v) is 6.53. The predicted octanol–water partition coefficient (Wildman–Crippen LogP) is 4.50. The van der Waals surface area contributed by atoms with Gasteiger partial charge in [-0.25, -0.2) is 4.39 Å². The highest BCUT2D eigenvalue weighted by Crippen LogP contribution is 2.28. The van der Waals surface area contributed by atoms with Gasteiger partial charge in [0, 0.05) is 16.6 Å². The Balaban J connectivity index is 2.26. The number of aromatic nitrogens is 1. The highest BCUT2D eigenvalue weighted by Gasteiger charge is 2.22. The minimum Gasteiger partial charge on any atom is -0.358 e. The molecule has 100 valence electrons. The maximum Gasteiger partial charge on any atom is 0.199 e. The highest BCUT2D eigenvalue weighted by atomic mass is 35.5. The number of para-hydroxylation sites is 1. The Bertz CT molecular complexity index is 802. The van der Waals surface area contributed by atoms with Crippen LogP contribution in [-0.4, -0.2) is 10.8 Å². The molecule has 0 fully saturated rings. The van der Waals surface area contributed by atoms with E-state index in [0.29, 0.717) is 11.3 Å². The van der Waals surface area contributed by atoms with Gasteiger partial charge in [-0.1, -0.05) is 35.9 Å². The fraction of sp³-hybridized carbons (Fsp3) is 0.0625. The van der Waals surface area contributed by atoms with E-state index in [2.05, 4.69) is 4.98 Å². The molecule has 1 aromatic heterocycles. The average Bonchev–Trinajstić information content (AvgIpc) is 2.74. The van der Waals surface area contributed by atoms with E-state index in [-0.39, 0.29) is 10.6 Å². The molecule has 0 saturated carbocycles. The molecular formula is C16H11ClFNO. The Labute approximate surface area is 120 Å². The summed E-state index contributed by atoms with van der Waals surface area (Å²) in [6, 6.07) is 11.7. The van der Waals surface area contributed by atoms with Crippen LogP contribution in [0, 0.1) is 12.7 Å². The van der Waals surface area contributed by atoms with E-state index < -0.39 is 11.6 Å². The van der Waals surface area contributed by atoms with Gasteiger partial charge in [0.05, 0.1) is 16.1 Å². The molecule has 3 rings (SSSR count). The molecule has 1 heterocycles. The number of H-pyrrole nitrogens is 1. The van der Waals surface area contributed by atoms with Crippen LogP contribution in [0.15, 0.2) is 42.5 Å². The van der Waals surface area contributed by atoms with E-state index in [4.69, 9.17) is 11.6 Å². The molecule has 0 bridgehead atoms. The van der Waals surface area contributed by atoms with E-state index in [1.54, 1.807) is 6.92 Å². The van der Waals surface area contributed by atoms with E-state index in [0.717, 1.165) is 10.9 Å². The fourth-order valence-electron chi connectivity index (χ4n) is 2.41. The zero-order valence-electron chi connectivity index (χ0n) is 10.7. The zero-order valence-corrected chi connectivity index (χ0v) is 11.5. The lowest BCUT2D eigenvalue weighted by atomic mass is 10.00. The van der Waals surface area contributed by atoms with E-state index in [1.165, 1.54) is 18.2 Å². The summed E-state index contributed by atoms with van der Waals surface area (Å²) in [6.07, 6.45) is 0. The van der Waals surface area contributed by atoms with Crippen LogP contribution in [0.4, 0.5) is 4.39 Å². The molecule has 4 heteroatoms. The van der Waals surface area contributed by atoms with Crippen LogP contribution in [0.5, 0.6) is 0 Å². The van der Waals surface area contributed by atoms with Crippen molar-refractivity contribution in [3.8, 4) is 0 Å². The SMILES string of the molecule is Cc1[nH]c2ccccc2c1C(=O)c1c(F)cccc1Cl. The summed E-state index contributed by atoms with van der Waals surface area (Å²) >= 11 is 5.97. The minimum atomic E-state index is -0.604. The number of hydrogen-bond acceptors (Lipinski definition) is 1. The third kappa shape index (κ3) is 1.91. The number of hydrogen-bond donors (Lipinski definition) is 1. The van der Waals surface area contributed by atoms with Crippen molar-refractivity contribution in [2.45, 2.75) is 6.92 Å². The Hall–Kier alpha value is -2.13. The predicted molar refractivity (Wildman–Crippen MR) is 77.9 cm³/mol. The summed E-state index contributed by atoms with van der Waals surface area (Å²) in [7, 11) is 0. The second-order valence-electron chi connectivity index (χ2n) is 4.60. The second-order valence-corrected chi connectivity index (χ2v) is 5.00. The number of nitrogens with one attached hydrogen (secondary N) is 1. The topological polar surface area (TPSA) is 32.9 Å². The smallest absolute Gasteiger partial charge is 0.199 e. The van der Waals surface area contributed by atoms with Gasteiger partial charge >= 0.3 is 0 Å². The number of carbonyl (C=O) groups is 1. The van der Waals surface area contributed by atoms with Gasteiger partial charge < -0.3 is 4.98 Å². The molecule has 0 saturated heterocycles. The summed E-state index contributed by atoms with van der Waals surface area (Å²) in [5.74, 6) is -1.00. The molecule has 1 N–H and O–H groups in total. The average molecular weight is 288 g/mol. The maximum atomic E-state index is 13.9. The fourth-order valence-corrected chi connectivity index (χ4v) is 2.66. The summed E-state index contributed by atoms with van der Waals surface area (Å²) in [6.45, 7) is 1.79. The molecule has 0 aliphatic carbocycles. The standard InChI is InChI=1S/C16H11ClFNO/c1-9-14(10-5-2-3-8-13(10)19-9)16(20)15-11(17)6-4-7-12(15)18/h2-8,19H,1H3. The van der Waals surface area contributed by atoms with Crippen LogP contribution >= 0.6 is 11.6 Å². The number of ketones is 1. The monoisotopic (exact) mass is 287 g/mol. The summed E-state index contributed by atoms with van der Waals surface area (Å²) in [5.41, 5.74) is 1.94. The zero-order chi connectivity index (χ0) is 14.3. The van der Waals surface area contributed by atoms with E-state index in [9.17, 15) is 9.18 Å². The number of fused-ring (bicyclic) bond motifs is 1. The first-order valence-electron chi connectivity index (χ1n) is 6.15. The lowest BCUT2D eigenvalue weighted by Crippen LogP contribution is -2.06. The van der Waals surface area contributed by atoms with Gasteiger partial charge in [0.15, 0.2) is 5.78 Å². The first-order chi connectivity index (χ1) is 9.59. The number of aryl methyl sites for hydroxylation is 1. The first kappa shape index (κ1) is 12.9. The minimum absolute atomic E-state index is 0.0815.